The van der Waals surface area contributed by atoms with Gasteiger partial charge in [0, 0.05) is 18.5 Å². The predicted molar refractivity (Wildman–Crippen MR) is 70.9 cm³/mol. The quantitative estimate of drug-likeness (QED) is 0.922. The molecule has 0 aliphatic carbocycles. The van der Waals surface area contributed by atoms with E-state index in [2.05, 4.69) is 4.98 Å². The second kappa shape index (κ2) is 5.38. The maximum atomic E-state index is 12.4. The van der Waals surface area contributed by atoms with Crippen molar-refractivity contribution in [3.8, 4) is 17.2 Å². The lowest BCUT2D eigenvalue weighted by atomic mass is 10.3. The van der Waals surface area contributed by atoms with E-state index in [-0.39, 0.29) is 21.3 Å². The zero-order valence-corrected chi connectivity index (χ0v) is 11.7. The van der Waals surface area contributed by atoms with Crippen LogP contribution in [-0.4, -0.2) is 32.7 Å². The van der Waals surface area contributed by atoms with Gasteiger partial charge in [-0.2, -0.15) is 0 Å². The number of hydrogen-bond acceptors (Lipinski definition) is 6. The summed E-state index contributed by atoms with van der Waals surface area (Å²) in [7, 11) is -1.01. The summed E-state index contributed by atoms with van der Waals surface area (Å²) in [4.78, 5) is 3.45. The molecule has 2 rings (SSSR count). The Morgan fingerprint density at radius 1 is 1.10 bits per heavy atom. The van der Waals surface area contributed by atoms with Crippen molar-refractivity contribution in [2.75, 3.05) is 14.2 Å². The van der Waals surface area contributed by atoms with Gasteiger partial charge >= 0.3 is 0 Å². The smallest absolute Gasteiger partial charge is 0.211 e. The summed E-state index contributed by atoms with van der Waals surface area (Å²) in [5.74, 6) is 0.355. The number of hydrogen-bond donors (Lipinski definition) is 1. The van der Waals surface area contributed by atoms with Gasteiger partial charge in [0.1, 0.15) is 10.6 Å². The van der Waals surface area contributed by atoms with Crippen LogP contribution in [0.3, 0.4) is 0 Å². The molecule has 20 heavy (non-hydrogen) atoms. The first kappa shape index (κ1) is 14.1. The van der Waals surface area contributed by atoms with Crippen molar-refractivity contribution in [3.63, 3.8) is 0 Å². The molecule has 0 saturated heterocycles. The lowest BCUT2D eigenvalue weighted by Gasteiger charge is -2.10. The summed E-state index contributed by atoms with van der Waals surface area (Å²) in [5, 5.41) is 9.66. The van der Waals surface area contributed by atoms with Crippen LogP contribution in [0.2, 0.25) is 0 Å². The summed E-state index contributed by atoms with van der Waals surface area (Å²) in [6, 6.07) is 5.41. The van der Waals surface area contributed by atoms with Gasteiger partial charge in [0.05, 0.1) is 19.1 Å². The van der Waals surface area contributed by atoms with Gasteiger partial charge in [-0.1, -0.05) is 0 Å². The van der Waals surface area contributed by atoms with E-state index >= 15 is 0 Å². The third-order valence-electron chi connectivity index (χ3n) is 2.72. The molecule has 0 spiro atoms. The second-order valence-electron chi connectivity index (χ2n) is 3.86. The fourth-order valence-corrected chi connectivity index (χ4v) is 3.00. The van der Waals surface area contributed by atoms with Crippen LogP contribution in [0, 0.1) is 0 Å². The van der Waals surface area contributed by atoms with Crippen molar-refractivity contribution in [2.45, 2.75) is 9.79 Å². The fourth-order valence-electron chi connectivity index (χ4n) is 1.69. The van der Waals surface area contributed by atoms with Crippen molar-refractivity contribution >= 4 is 9.84 Å². The minimum atomic E-state index is -3.88. The minimum Gasteiger partial charge on any atom is -0.506 e. The van der Waals surface area contributed by atoms with E-state index in [1.165, 1.54) is 44.7 Å². The number of ether oxygens (including phenoxy) is 2. The van der Waals surface area contributed by atoms with Crippen LogP contribution in [0.4, 0.5) is 0 Å². The molecule has 0 unspecified atom stereocenters. The zero-order chi connectivity index (χ0) is 14.8. The summed E-state index contributed by atoms with van der Waals surface area (Å²) in [6.07, 6.45) is 2.41. The van der Waals surface area contributed by atoms with E-state index in [4.69, 9.17) is 9.47 Å². The van der Waals surface area contributed by atoms with Crippen molar-refractivity contribution in [1.82, 2.24) is 4.98 Å². The first-order valence-electron chi connectivity index (χ1n) is 5.61. The molecule has 0 fully saturated rings. The summed E-state index contributed by atoms with van der Waals surface area (Å²) < 4.78 is 35.0. The van der Waals surface area contributed by atoms with Crippen LogP contribution >= 0.6 is 0 Å². The van der Waals surface area contributed by atoms with Gasteiger partial charge in [-0.25, -0.2) is 8.42 Å². The van der Waals surface area contributed by atoms with Crippen LogP contribution < -0.4 is 9.47 Å². The van der Waals surface area contributed by atoms with E-state index in [1.54, 1.807) is 0 Å². The average molecular weight is 295 g/mol. The van der Waals surface area contributed by atoms with Gasteiger partial charge in [-0.15, -0.1) is 0 Å². The molecule has 0 radical (unpaired) electrons. The lowest BCUT2D eigenvalue weighted by molar-refractivity contribution is 0.354. The van der Waals surface area contributed by atoms with Gasteiger partial charge in [-0.05, 0) is 18.2 Å². The Morgan fingerprint density at radius 2 is 1.80 bits per heavy atom. The lowest BCUT2D eigenvalue weighted by Crippen LogP contribution is -2.03. The molecule has 0 aliphatic heterocycles. The molecule has 1 heterocycles. The molecule has 0 amide bonds. The Morgan fingerprint density at radius 3 is 2.40 bits per heavy atom. The normalized spacial score (nSPS) is 11.1. The summed E-state index contributed by atoms with van der Waals surface area (Å²) in [5.41, 5.74) is 0. The first-order chi connectivity index (χ1) is 9.50. The van der Waals surface area contributed by atoms with Gasteiger partial charge < -0.3 is 14.6 Å². The standard InChI is InChI=1S/C13H13NO5S/c1-18-11-4-3-9(7-12(11)19-2)20(16,17)13-8-14-6-5-10(13)15/h3-8H,1-2H3,(H,14,15). The van der Waals surface area contributed by atoms with Crippen LogP contribution in [0.5, 0.6) is 17.2 Å². The van der Waals surface area contributed by atoms with Crippen LogP contribution in [0.15, 0.2) is 46.5 Å². The van der Waals surface area contributed by atoms with Gasteiger partial charge in [0.2, 0.25) is 9.84 Å². The van der Waals surface area contributed by atoms with Crippen LogP contribution in [0.1, 0.15) is 0 Å². The number of aromatic hydroxyl groups is 1. The molecule has 0 aliphatic rings. The molecule has 1 aromatic heterocycles. The minimum absolute atomic E-state index is 0.0153. The van der Waals surface area contributed by atoms with Crippen molar-refractivity contribution in [1.29, 1.82) is 0 Å². The molecular weight excluding hydrogens is 282 g/mol. The highest BCUT2D eigenvalue weighted by Crippen LogP contribution is 2.33. The van der Waals surface area contributed by atoms with E-state index in [0.717, 1.165) is 6.20 Å². The number of pyridine rings is 1. The largest absolute Gasteiger partial charge is 0.506 e. The van der Waals surface area contributed by atoms with Crippen molar-refractivity contribution in [3.05, 3.63) is 36.7 Å². The van der Waals surface area contributed by atoms with Gasteiger partial charge in [0.25, 0.3) is 0 Å². The van der Waals surface area contributed by atoms with Gasteiger partial charge in [0.15, 0.2) is 11.5 Å². The predicted octanol–water partition coefficient (Wildman–Crippen LogP) is 1.64. The molecular formula is C13H13NO5S. The fraction of sp³-hybridized carbons (Fsp3) is 0.154. The topological polar surface area (TPSA) is 85.7 Å². The Hall–Kier alpha value is -2.28. The second-order valence-corrected chi connectivity index (χ2v) is 5.78. The molecule has 6 nitrogen and oxygen atoms in total. The molecule has 2 aromatic rings. The molecule has 106 valence electrons. The van der Waals surface area contributed by atoms with E-state index in [1.807, 2.05) is 0 Å². The average Bonchev–Trinajstić information content (AvgIpc) is 2.46. The number of benzene rings is 1. The summed E-state index contributed by atoms with van der Waals surface area (Å²) >= 11 is 0. The van der Waals surface area contributed by atoms with Crippen LogP contribution in [-0.2, 0) is 9.84 Å². The van der Waals surface area contributed by atoms with E-state index in [9.17, 15) is 13.5 Å². The zero-order valence-electron chi connectivity index (χ0n) is 10.9. The number of methoxy groups -OCH3 is 2. The number of aromatic nitrogens is 1. The number of rotatable bonds is 4. The third-order valence-corrected chi connectivity index (χ3v) is 4.49. The van der Waals surface area contributed by atoms with E-state index in [0.29, 0.717) is 5.75 Å². The van der Waals surface area contributed by atoms with Crippen molar-refractivity contribution in [2.24, 2.45) is 0 Å². The highest BCUT2D eigenvalue weighted by molar-refractivity contribution is 7.91. The van der Waals surface area contributed by atoms with Crippen molar-refractivity contribution < 1.29 is 23.0 Å². The number of sulfone groups is 1. The van der Waals surface area contributed by atoms with Crippen LogP contribution in [0.25, 0.3) is 0 Å². The maximum Gasteiger partial charge on any atom is 0.211 e. The molecule has 0 atom stereocenters. The molecule has 7 heteroatoms. The molecule has 0 saturated carbocycles. The Bertz CT molecular complexity index is 727. The molecule has 1 N–H and O–H groups in total. The SMILES string of the molecule is COc1ccc(S(=O)(=O)c2cnccc2O)cc1OC. The monoisotopic (exact) mass is 295 g/mol. The van der Waals surface area contributed by atoms with E-state index < -0.39 is 9.84 Å². The highest BCUT2D eigenvalue weighted by Gasteiger charge is 2.23. The summed E-state index contributed by atoms with van der Waals surface area (Å²) in [6.45, 7) is 0. The first-order valence-corrected chi connectivity index (χ1v) is 7.09. The molecule has 1 aromatic carbocycles. The molecule has 0 bridgehead atoms. The maximum absolute atomic E-state index is 12.4. The van der Waals surface area contributed by atoms with Gasteiger partial charge in [-0.3, -0.25) is 4.98 Å². The Balaban J connectivity index is 2.59. The third kappa shape index (κ3) is 2.39. The Kier molecular flexibility index (Phi) is 3.80. The highest BCUT2D eigenvalue weighted by atomic mass is 32.2. The Labute approximate surface area is 116 Å². The number of nitrogens with zero attached hydrogens (tertiary/aromatic N) is 1.